The maximum absolute atomic E-state index is 5.73. The van der Waals surface area contributed by atoms with Crippen molar-refractivity contribution < 1.29 is 0 Å². The van der Waals surface area contributed by atoms with Gasteiger partial charge in [-0.15, -0.1) is 0 Å². The predicted molar refractivity (Wildman–Crippen MR) is 57.7 cm³/mol. The molecule has 0 atom stereocenters. The van der Waals surface area contributed by atoms with Gasteiger partial charge in [0.15, 0.2) is 4.34 Å². The van der Waals surface area contributed by atoms with Crippen LogP contribution in [0.1, 0.15) is 0 Å². The first kappa shape index (κ1) is 9.70. The largest absolute Gasteiger partial charge is 0.396 e. The Labute approximate surface area is 93.7 Å². The van der Waals surface area contributed by atoms with Crippen LogP contribution in [-0.2, 0) is 0 Å². The highest BCUT2D eigenvalue weighted by Gasteiger charge is 2.06. The molecular formula is C7H5ClN4S2. The highest BCUT2D eigenvalue weighted by atomic mass is 35.5. The number of anilines is 1. The van der Waals surface area contributed by atoms with E-state index in [1.54, 1.807) is 12.3 Å². The maximum atomic E-state index is 5.73. The van der Waals surface area contributed by atoms with Crippen LogP contribution in [0.3, 0.4) is 0 Å². The smallest absolute Gasteiger partial charge is 0.176 e. The van der Waals surface area contributed by atoms with Gasteiger partial charge in [0.1, 0.15) is 11.4 Å². The van der Waals surface area contributed by atoms with Crippen LogP contribution in [0.4, 0.5) is 5.69 Å². The molecule has 2 N–H and O–H groups in total. The summed E-state index contributed by atoms with van der Waals surface area (Å²) in [5.74, 6) is 0. The molecule has 4 nitrogen and oxygen atoms in total. The summed E-state index contributed by atoms with van der Waals surface area (Å²) < 4.78 is 4.69. The first-order valence-corrected chi connectivity index (χ1v) is 5.58. The van der Waals surface area contributed by atoms with Crippen molar-refractivity contribution in [3.63, 3.8) is 0 Å². The molecule has 7 heteroatoms. The van der Waals surface area contributed by atoms with Crippen molar-refractivity contribution in [2.24, 2.45) is 0 Å². The summed E-state index contributed by atoms with van der Waals surface area (Å²) in [6, 6.07) is 1.66. The van der Waals surface area contributed by atoms with Gasteiger partial charge < -0.3 is 5.73 Å². The summed E-state index contributed by atoms with van der Waals surface area (Å²) in [4.78, 5) is 8.11. The SMILES string of the molecule is Nc1cc(Cl)cnc1Sc1ncns1. The third-order valence-electron chi connectivity index (χ3n) is 1.37. The number of rotatable bonds is 2. The maximum Gasteiger partial charge on any atom is 0.176 e. The van der Waals surface area contributed by atoms with E-state index in [-0.39, 0.29) is 0 Å². The Bertz CT molecular complexity index is 431. The molecule has 2 rings (SSSR count). The Morgan fingerprint density at radius 1 is 1.43 bits per heavy atom. The Morgan fingerprint density at radius 3 is 2.93 bits per heavy atom. The van der Waals surface area contributed by atoms with Gasteiger partial charge >= 0.3 is 0 Å². The molecule has 0 aromatic carbocycles. The minimum Gasteiger partial charge on any atom is -0.396 e. The fourth-order valence-electron chi connectivity index (χ4n) is 0.818. The lowest BCUT2D eigenvalue weighted by molar-refractivity contribution is 1.13. The Balaban J connectivity index is 2.25. The molecule has 0 aliphatic rings. The highest BCUT2D eigenvalue weighted by molar-refractivity contribution is 8.01. The second kappa shape index (κ2) is 4.12. The number of aromatic nitrogens is 3. The Hall–Kier alpha value is -0.850. The zero-order chi connectivity index (χ0) is 9.97. The average molecular weight is 245 g/mol. The van der Waals surface area contributed by atoms with E-state index in [2.05, 4.69) is 14.3 Å². The molecule has 0 aliphatic heterocycles. The molecule has 0 saturated heterocycles. The van der Waals surface area contributed by atoms with Gasteiger partial charge in [-0.2, -0.15) is 4.37 Å². The first-order valence-electron chi connectivity index (χ1n) is 3.61. The molecular weight excluding hydrogens is 240 g/mol. The molecule has 2 aromatic heterocycles. The molecule has 0 fully saturated rings. The number of nitrogens with two attached hydrogens (primary N) is 1. The number of nitrogens with zero attached hydrogens (tertiary/aromatic N) is 3. The number of hydrogen-bond donors (Lipinski definition) is 1. The van der Waals surface area contributed by atoms with E-state index in [1.807, 2.05) is 0 Å². The summed E-state index contributed by atoms with van der Waals surface area (Å²) in [7, 11) is 0. The number of hydrogen-bond acceptors (Lipinski definition) is 6. The molecule has 0 unspecified atom stereocenters. The molecule has 0 radical (unpaired) electrons. The van der Waals surface area contributed by atoms with Crippen LogP contribution >= 0.6 is 34.9 Å². The summed E-state index contributed by atoms with van der Waals surface area (Å²) in [5, 5.41) is 1.23. The zero-order valence-electron chi connectivity index (χ0n) is 6.85. The Kier molecular flexibility index (Phi) is 2.85. The van der Waals surface area contributed by atoms with E-state index in [0.29, 0.717) is 15.7 Å². The lowest BCUT2D eigenvalue weighted by atomic mass is 10.4. The summed E-state index contributed by atoms with van der Waals surface area (Å²) in [6.45, 7) is 0. The van der Waals surface area contributed by atoms with E-state index in [9.17, 15) is 0 Å². The van der Waals surface area contributed by atoms with Crippen molar-refractivity contribution in [1.29, 1.82) is 0 Å². The number of pyridine rings is 1. The van der Waals surface area contributed by atoms with Gasteiger partial charge in [-0.05, 0) is 29.4 Å². The monoisotopic (exact) mass is 244 g/mol. The number of nitrogen functional groups attached to an aromatic ring is 1. The van der Waals surface area contributed by atoms with Gasteiger partial charge in [-0.3, -0.25) is 0 Å². The standard InChI is InChI=1S/C7H5ClN4S2/c8-4-1-5(9)6(10-2-4)13-7-11-3-12-14-7/h1-3H,9H2. The summed E-state index contributed by atoms with van der Waals surface area (Å²) >= 11 is 8.41. The predicted octanol–water partition coefficient (Wildman–Crippen LogP) is 2.32. The van der Waals surface area contributed by atoms with E-state index in [1.165, 1.54) is 29.6 Å². The third kappa shape index (κ3) is 2.14. The van der Waals surface area contributed by atoms with E-state index < -0.39 is 0 Å². The van der Waals surface area contributed by atoms with Crippen LogP contribution in [0.5, 0.6) is 0 Å². The van der Waals surface area contributed by atoms with Gasteiger partial charge in [0, 0.05) is 6.20 Å². The molecule has 2 aromatic rings. The fraction of sp³-hybridized carbons (Fsp3) is 0. The van der Waals surface area contributed by atoms with Crippen LogP contribution in [0, 0.1) is 0 Å². The van der Waals surface area contributed by atoms with Gasteiger partial charge in [0.25, 0.3) is 0 Å². The molecule has 0 aliphatic carbocycles. The van der Waals surface area contributed by atoms with Crippen molar-refractivity contribution in [3.05, 3.63) is 23.6 Å². The Morgan fingerprint density at radius 2 is 2.29 bits per heavy atom. The summed E-state index contributed by atoms with van der Waals surface area (Å²) in [5.41, 5.74) is 6.28. The van der Waals surface area contributed by atoms with Crippen molar-refractivity contribution >= 4 is 40.6 Å². The van der Waals surface area contributed by atoms with Gasteiger partial charge in [0.2, 0.25) is 0 Å². The second-order valence-electron chi connectivity index (χ2n) is 2.36. The van der Waals surface area contributed by atoms with Crippen molar-refractivity contribution in [1.82, 2.24) is 14.3 Å². The van der Waals surface area contributed by atoms with Gasteiger partial charge in [-0.25, -0.2) is 9.97 Å². The third-order valence-corrected chi connectivity index (χ3v) is 3.33. The average Bonchev–Trinajstić information content (AvgIpc) is 2.62. The van der Waals surface area contributed by atoms with E-state index in [0.717, 1.165) is 4.34 Å². The number of halogens is 1. The van der Waals surface area contributed by atoms with Crippen LogP contribution < -0.4 is 5.73 Å². The molecule has 0 saturated carbocycles. The van der Waals surface area contributed by atoms with E-state index >= 15 is 0 Å². The molecule has 14 heavy (non-hydrogen) atoms. The van der Waals surface area contributed by atoms with Crippen molar-refractivity contribution in [2.75, 3.05) is 5.73 Å². The molecule has 0 bridgehead atoms. The zero-order valence-corrected chi connectivity index (χ0v) is 9.23. The minimum absolute atomic E-state index is 0.532. The van der Waals surface area contributed by atoms with Gasteiger partial charge in [0.05, 0.1) is 10.7 Å². The van der Waals surface area contributed by atoms with Crippen molar-refractivity contribution in [2.45, 2.75) is 9.37 Å². The molecule has 72 valence electrons. The van der Waals surface area contributed by atoms with Crippen LogP contribution in [0.25, 0.3) is 0 Å². The second-order valence-corrected chi connectivity index (χ2v) is 4.81. The van der Waals surface area contributed by atoms with Crippen LogP contribution in [-0.4, -0.2) is 14.3 Å². The van der Waals surface area contributed by atoms with Crippen LogP contribution in [0.2, 0.25) is 5.02 Å². The quantitative estimate of drug-likeness (QED) is 0.878. The lowest BCUT2D eigenvalue weighted by Gasteiger charge is -2.00. The molecule has 2 heterocycles. The topological polar surface area (TPSA) is 64.7 Å². The lowest BCUT2D eigenvalue weighted by Crippen LogP contribution is -1.90. The van der Waals surface area contributed by atoms with E-state index in [4.69, 9.17) is 17.3 Å². The van der Waals surface area contributed by atoms with Crippen LogP contribution in [0.15, 0.2) is 28.0 Å². The summed E-state index contributed by atoms with van der Waals surface area (Å²) in [6.07, 6.45) is 3.06. The fourth-order valence-corrected chi connectivity index (χ4v) is 2.33. The minimum atomic E-state index is 0.532. The molecule has 0 amide bonds. The highest BCUT2D eigenvalue weighted by Crippen LogP contribution is 2.31. The van der Waals surface area contributed by atoms with Crippen molar-refractivity contribution in [3.8, 4) is 0 Å². The molecule has 0 spiro atoms. The normalized spacial score (nSPS) is 10.4. The van der Waals surface area contributed by atoms with Gasteiger partial charge in [-0.1, -0.05) is 11.6 Å². The first-order chi connectivity index (χ1) is 6.75.